The van der Waals surface area contributed by atoms with E-state index in [0.29, 0.717) is 24.6 Å². The third-order valence-electron chi connectivity index (χ3n) is 5.35. The molecule has 1 aromatic carbocycles. The van der Waals surface area contributed by atoms with Gasteiger partial charge in [-0.3, -0.25) is 4.79 Å². The molecule has 1 saturated heterocycles. The largest absolute Gasteiger partial charge is 0.493 e. The molecule has 186 valence electrons. The van der Waals surface area contributed by atoms with E-state index in [1.807, 2.05) is 0 Å². The van der Waals surface area contributed by atoms with Crippen LogP contribution in [-0.2, 0) is 16.1 Å². The van der Waals surface area contributed by atoms with Crippen molar-refractivity contribution in [2.75, 3.05) is 13.7 Å². The number of hydrogen-bond donors (Lipinski definition) is 5. The van der Waals surface area contributed by atoms with Crippen LogP contribution in [0, 0.1) is 5.92 Å². The van der Waals surface area contributed by atoms with Crippen molar-refractivity contribution in [2.24, 2.45) is 5.92 Å². The molecule has 0 bridgehead atoms. The lowest BCUT2D eigenvalue weighted by atomic mass is 9.99. The van der Waals surface area contributed by atoms with E-state index in [4.69, 9.17) is 14.2 Å². The summed E-state index contributed by atoms with van der Waals surface area (Å²) in [6.07, 6.45) is 0.646. The van der Waals surface area contributed by atoms with Crippen LogP contribution in [0.2, 0.25) is 0 Å². The second-order valence-electron chi connectivity index (χ2n) is 8.50. The molecule has 1 aliphatic rings. The second kappa shape index (κ2) is 13.5. The van der Waals surface area contributed by atoms with Crippen LogP contribution in [0.5, 0.6) is 11.5 Å². The van der Waals surface area contributed by atoms with E-state index in [1.165, 1.54) is 7.11 Å². The minimum absolute atomic E-state index is 0.0246. The van der Waals surface area contributed by atoms with Crippen molar-refractivity contribution >= 4 is 5.91 Å². The van der Waals surface area contributed by atoms with Crippen LogP contribution in [0.3, 0.4) is 0 Å². The summed E-state index contributed by atoms with van der Waals surface area (Å²) in [5, 5.41) is 42.1. The van der Waals surface area contributed by atoms with Gasteiger partial charge in [-0.2, -0.15) is 0 Å². The molecule has 0 saturated carbocycles. The lowest BCUT2D eigenvalue weighted by Crippen LogP contribution is -2.60. The van der Waals surface area contributed by atoms with Crippen LogP contribution >= 0.6 is 0 Å². The molecule has 1 fully saturated rings. The van der Waals surface area contributed by atoms with Gasteiger partial charge in [0.2, 0.25) is 12.2 Å². The fourth-order valence-corrected chi connectivity index (χ4v) is 3.41. The quantitative estimate of drug-likeness (QED) is 0.229. The summed E-state index contributed by atoms with van der Waals surface area (Å²) in [5.74, 6) is 1.10. The number of nitrogens with one attached hydrogen (secondary N) is 1. The van der Waals surface area contributed by atoms with Crippen LogP contribution in [0.4, 0.5) is 0 Å². The molecule has 0 aromatic heterocycles. The summed E-state index contributed by atoms with van der Waals surface area (Å²) in [5.41, 5.74) is 0.793. The van der Waals surface area contributed by atoms with E-state index in [1.54, 1.807) is 18.2 Å². The van der Waals surface area contributed by atoms with Crippen molar-refractivity contribution in [1.82, 2.24) is 5.32 Å². The van der Waals surface area contributed by atoms with Gasteiger partial charge in [0.1, 0.15) is 24.4 Å². The second-order valence-corrected chi connectivity index (χ2v) is 8.50. The summed E-state index contributed by atoms with van der Waals surface area (Å²) in [4.78, 5) is 12.1. The number of aliphatic hydroxyl groups excluding tert-OH is 4. The maximum Gasteiger partial charge on any atom is 0.229 e. The molecular formula is C24H37NO8. The van der Waals surface area contributed by atoms with Crippen LogP contribution in [0.15, 0.2) is 30.4 Å². The van der Waals surface area contributed by atoms with E-state index in [2.05, 4.69) is 31.3 Å². The number of aliphatic hydroxyl groups is 4. The van der Waals surface area contributed by atoms with Crippen molar-refractivity contribution in [3.63, 3.8) is 0 Å². The number of methoxy groups -OCH3 is 1. The number of unbranched alkanes of at least 4 members (excludes halogenated alkanes) is 2. The Bertz CT molecular complexity index is 767. The molecular weight excluding hydrogens is 430 g/mol. The van der Waals surface area contributed by atoms with Crippen LogP contribution in [0.25, 0.3) is 0 Å². The van der Waals surface area contributed by atoms with E-state index in [-0.39, 0.29) is 11.7 Å². The number of carbonyl (C=O) groups is 1. The first-order chi connectivity index (χ1) is 15.8. The maximum absolute atomic E-state index is 12.1. The number of rotatable bonds is 12. The summed E-state index contributed by atoms with van der Waals surface area (Å²) in [6.45, 7) is 4.04. The highest BCUT2D eigenvalue weighted by Crippen LogP contribution is 2.32. The Labute approximate surface area is 195 Å². The molecule has 33 heavy (non-hydrogen) atoms. The molecule has 1 aromatic rings. The monoisotopic (exact) mass is 467 g/mol. The van der Waals surface area contributed by atoms with Gasteiger partial charge in [0, 0.05) is 13.0 Å². The fraction of sp³-hybridized carbons (Fsp3) is 0.625. The molecule has 2 rings (SSSR count). The van der Waals surface area contributed by atoms with Crippen molar-refractivity contribution in [3.8, 4) is 11.5 Å². The third kappa shape index (κ3) is 8.28. The first-order valence-corrected chi connectivity index (χ1v) is 11.3. The Morgan fingerprint density at radius 2 is 1.91 bits per heavy atom. The minimum atomic E-state index is -1.53. The Kier molecular flexibility index (Phi) is 11.1. The van der Waals surface area contributed by atoms with Gasteiger partial charge in [-0.15, -0.1) is 0 Å². The van der Waals surface area contributed by atoms with E-state index in [9.17, 15) is 25.2 Å². The van der Waals surface area contributed by atoms with Gasteiger partial charge in [-0.05, 0) is 42.9 Å². The highest BCUT2D eigenvalue weighted by molar-refractivity contribution is 5.75. The van der Waals surface area contributed by atoms with Crippen LogP contribution in [-0.4, -0.2) is 70.8 Å². The number of ether oxygens (including phenoxy) is 3. The fourth-order valence-electron chi connectivity index (χ4n) is 3.41. The third-order valence-corrected chi connectivity index (χ3v) is 5.35. The standard InChI is InChI=1S/C24H37NO8/c1-15(2)8-6-4-5-7-9-20(27)25-13-16-10-11-17(18(12-16)31-3)32-24-23(30)22(29)21(28)19(14-26)33-24/h6,8,10-12,15,19,21-24,26,28-30H,4-5,7,9,13-14H2,1-3H3,(H,25,27)/t19-,21-,22+,23-,24?/m1/s1. The van der Waals surface area contributed by atoms with Crippen molar-refractivity contribution < 1.29 is 39.4 Å². The molecule has 5 atom stereocenters. The van der Waals surface area contributed by atoms with Gasteiger partial charge in [0.15, 0.2) is 11.5 Å². The van der Waals surface area contributed by atoms with Gasteiger partial charge >= 0.3 is 0 Å². The number of benzene rings is 1. The lowest BCUT2D eigenvalue weighted by Gasteiger charge is -2.39. The summed E-state index contributed by atoms with van der Waals surface area (Å²) in [7, 11) is 1.45. The topological polar surface area (TPSA) is 138 Å². The van der Waals surface area contributed by atoms with Crippen LogP contribution < -0.4 is 14.8 Å². The molecule has 1 amide bonds. The molecule has 9 nitrogen and oxygen atoms in total. The molecule has 0 aliphatic carbocycles. The van der Waals surface area contributed by atoms with Crippen LogP contribution in [0.1, 0.15) is 45.1 Å². The Morgan fingerprint density at radius 3 is 2.58 bits per heavy atom. The molecule has 0 radical (unpaired) electrons. The zero-order chi connectivity index (χ0) is 24.4. The molecule has 0 spiro atoms. The number of allylic oxidation sites excluding steroid dienone is 2. The van der Waals surface area contributed by atoms with E-state index < -0.39 is 37.3 Å². The van der Waals surface area contributed by atoms with Gasteiger partial charge < -0.3 is 40.0 Å². The molecule has 5 N–H and O–H groups in total. The summed E-state index contributed by atoms with van der Waals surface area (Å²) >= 11 is 0. The molecule has 1 unspecified atom stereocenters. The summed E-state index contributed by atoms with van der Waals surface area (Å²) in [6, 6.07) is 5.03. The smallest absolute Gasteiger partial charge is 0.229 e. The lowest BCUT2D eigenvalue weighted by molar-refractivity contribution is -0.277. The van der Waals surface area contributed by atoms with Gasteiger partial charge in [0.25, 0.3) is 0 Å². The van der Waals surface area contributed by atoms with Crippen molar-refractivity contribution in [1.29, 1.82) is 0 Å². The van der Waals surface area contributed by atoms with Gasteiger partial charge in [0.05, 0.1) is 13.7 Å². The Hall–Kier alpha value is -2.17. The summed E-state index contributed by atoms with van der Waals surface area (Å²) < 4.78 is 16.4. The molecule has 1 aliphatic heterocycles. The zero-order valence-corrected chi connectivity index (χ0v) is 19.5. The van der Waals surface area contributed by atoms with Crippen molar-refractivity contribution in [3.05, 3.63) is 35.9 Å². The number of carbonyl (C=O) groups excluding carboxylic acids is 1. The first-order valence-electron chi connectivity index (χ1n) is 11.3. The number of hydrogen-bond acceptors (Lipinski definition) is 8. The Balaban J connectivity index is 1.87. The first kappa shape index (κ1) is 27.1. The average Bonchev–Trinajstić information content (AvgIpc) is 2.80. The normalized spacial score (nSPS) is 25.4. The molecule has 1 heterocycles. The average molecular weight is 468 g/mol. The SMILES string of the molecule is COc1cc(CNC(=O)CCCCC=CC(C)C)ccc1OC1O[C@H](CO)[C@@H](O)[C@H](O)[C@H]1O. The molecule has 9 heteroatoms. The maximum atomic E-state index is 12.1. The van der Waals surface area contributed by atoms with Crippen molar-refractivity contribution in [2.45, 2.75) is 76.8 Å². The van der Waals surface area contributed by atoms with Gasteiger partial charge in [-0.25, -0.2) is 0 Å². The Morgan fingerprint density at radius 1 is 1.15 bits per heavy atom. The van der Waals surface area contributed by atoms with E-state index in [0.717, 1.165) is 24.8 Å². The van der Waals surface area contributed by atoms with E-state index >= 15 is 0 Å². The van der Waals surface area contributed by atoms with Gasteiger partial charge in [-0.1, -0.05) is 32.1 Å². The highest BCUT2D eigenvalue weighted by atomic mass is 16.7. The minimum Gasteiger partial charge on any atom is -0.493 e. The highest BCUT2D eigenvalue weighted by Gasteiger charge is 2.44. The predicted molar refractivity (Wildman–Crippen MR) is 122 cm³/mol. The number of amides is 1. The zero-order valence-electron chi connectivity index (χ0n) is 19.5. The predicted octanol–water partition coefficient (Wildman–Crippen LogP) is 1.26.